The summed E-state index contributed by atoms with van der Waals surface area (Å²) >= 11 is 7.12. The van der Waals surface area contributed by atoms with Crippen LogP contribution in [-0.2, 0) is 11.4 Å². The van der Waals surface area contributed by atoms with E-state index in [0.717, 1.165) is 16.7 Å². The van der Waals surface area contributed by atoms with Gasteiger partial charge in [0.1, 0.15) is 12.4 Å². The van der Waals surface area contributed by atoms with E-state index in [2.05, 4.69) is 5.92 Å². The second-order valence-corrected chi connectivity index (χ2v) is 7.29. The minimum Gasteiger partial charge on any atom is -0.493 e. The third-order valence-corrected chi connectivity index (χ3v) is 5.19. The van der Waals surface area contributed by atoms with E-state index in [0.29, 0.717) is 16.9 Å². The zero-order valence-corrected chi connectivity index (χ0v) is 16.8. The van der Waals surface area contributed by atoms with Gasteiger partial charge in [-0.05, 0) is 41.6 Å². The lowest BCUT2D eigenvalue weighted by molar-refractivity contribution is -0.122. The first-order valence-corrected chi connectivity index (χ1v) is 9.56. The number of rotatable bonds is 6. The Morgan fingerprint density at radius 1 is 1.31 bits per heavy atom. The molecule has 0 unspecified atom stereocenters. The summed E-state index contributed by atoms with van der Waals surface area (Å²) in [6, 6.07) is 9.42. The normalized spacial score (nSPS) is 15.0. The quantitative estimate of drug-likeness (QED) is 0.488. The molecule has 2 aromatic carbocycles. The highest BCUT2D eigenvalue weighted by atomic mass is 35.5. The Kier molecular flexibility index (Phi) is 6.47. The number of carbonyl (C=O) groups excluding carboxylic acids is 2. The minimum atomic E-state index is -0.465. The van der Waals surface area contributed by atoms with Gasteiger partial charge in [-0.1, -0.05) is 35.7 Å². The maximum absolute atomic E-state index is 13.8. The maximum atomic E-state index is 13.8. The van der Waals surface area contributed by atoms with Gasteiger partial charge in [-0.15, -0.1) is 6.42 Å². The third kappa shape index (κ3) is 4.56. The maximum Gasteiger partial charge on any atom is 0.294 e. The molecule has 0 saturated carbocycles. The first kappa shape index (κ1) is 20.8. The Morgan fingerprint density at radius 3 is 2.76 bits per heavy atom. The molecule has 5 nitrogen and oxygen atoms in total. The number of amides is 2. The van der Waals surface area contributed by atoms with Crippen LogP contribution < -0.4 is 9.47 Å². The van der Waals surface area contributed by atoms with Crippen LogP contribution in [0.2, 0.25) is 5.02 Å². The van der Waals surface area contributed by atoms with E-state index < -0.39 is 11.1 Å². The summed E-state index contributed by atoms with van der Waals surface area (Å²) in [5.74, 6) is 1.98. The largest absolute Gasteiger partial charge is 0.493 e. The third-order valence-electron chi connectivity index (χ3n) is 4.00. The zero-order chi connectivity index (χ0) is 21.0. The predicted molar refractivity (Wildman–Crippen MR) is 110 cm³/mol. The van der Waals surface area contributed by atoms with Gasteiger partial charge < -0.3 is 9.47 Å². The molecule has 3 rings (SSSR count). The van der Waals surface area contributed by atoms with Crippen LogP contribution in [0, 0.1) is 18.2 Å². The fourth-order valence-electron chi connectivity index (χ4n) is 2.61. The van der Waals surface area contributed by atoms with Gasteiger partial charge in [-0.2, -0.15) is 0 Å². The number of hydrogen-bond acceptors (Lipinski definition) is 5. The van der Waals surface area contributed by atoms with E-state index >= 15 is 0 Å². The van der Waals surface area contributed by atoms with E-state index in [1.165, 1.54) is 19.3 Å². The number of terminal acetylenes is 1. The number of thioether (sulfide) groups is 1. The van der Waals surface area contributed by atoms with Crippen molar-refractivity contribution >= 4 is 40.6 Å². The lowest BCUT2D eigenvalue weighted by Crippen LogP contribution is -2.28. The highest BCUT2D eigenvalue weighted by Crippen LogP contribution is 2.39. The second-order valence-electron chi connectivity index (χ2n) is 5.89. The summed E-state index contributed by atoms with van der Waals surface area (Å²) < 4.78 is 24.8. The fraction of sp³-hybridized carbons (Fsp3) is 0.143. The Morgan fingerprint density at radius 2 is 2.07 bits per heavy atom. The average molecular weight is 432 g/mol. The molecule has 2 aromatic rings. The smallest absolute Gasteiger partial charge is 0.294 e. The molecule has 0 atom stereocenters. The van der Waals surface area contributed by atoms with Gasteiger partial charge in [0.15, 0.2) is 11.5 Å². The van der Waals surface area contributed by atoms with Crippen LogP contribution in [-0.4, -0.2) is 29.7 Å². The van der Waals surface area contributed by atoms with Crippen molar-refractivity contribution in [2.45, 2.75) is 6.61 Å². The van der Waals surface area contributed by atoms with Gasteiger partial charge in [-0.25, -0.2) is 4.39 Å². The lowest BCUT2D eigenvalue weighted by Gasteiger charge is -2.14. The molecule has 2 amide bonds. The van der Waals surface area contributed by atoms with Crippen molar-refractivity contribution in [1.29, 1.82) is 0 Å². The first-order valence-electron chi connectivity index (χ1n) is 8.37. The van der Waals surface area contributed by atoms with Crippen molar-refractivity contribution < 1.29 is 23.5 Å². The van der Waals surface area contributed by atoms with E-state index in [4.69, 9.17) is 27.5 Å². The molecule has 29 heavy (non-hydrogen) atoms. The van der Waals surface area contributed by atoms with Crippen molar-refractivity contribution in [3.63, 3.8) is 0 Å². The number of halogens is 2. The molecule has 1 fully saturated rings. The number of methoxy groups -OCH3 is 1. The number of benzene rings is 2. The predicted octanol–water partition coefficient (Wildman–Crippen LogP) is 4.74. The Balaban J connectivity index is 1.85. The summed E-state index contributed by atoms with van der Waals surface area (Å²) in [6.45, 7) is -0.123. The Hall–Kier alpha value is -2.95. The number of carbonyl (C=O) groups is 2. The molecule has 148 valence electrons. The monoisotopic (exact) mass is 431 g/mol. The highest BCUT2D eigenvalue weighted by molar-refractivity contribution is 8.18. The van der Waals surface area contributed by atoms with Crippen molar-refractivity contribution in [3.8, 4) is 23.8 Å². The van der Waals surface area contributed by atoms with E-state index in [1.807, 2.05) is 0 Å². The van der Waals surface area contributed by atoms with Crippen LogP contribution in [0.3, 0.4) is 0 Å². The van der Waals surface area contributed by atoms with Gasteiger partial charge in [0, 0.05) is 5.56 Å². The van der Waals surface area contributed by atoms with E-state index in [1.54, 1.807) is 30.3 Å². The van der Waals surface area contributed by atoms with Crippen LogP contribution in [0.1, 0.15) is 11.1 Å². The molecule has 1 aliphatic rings. The van der Waals surface area contributed by atoms with Gasteiger partial charge in [0.25, 0.3) is 11.1 Å². The molecule has 0 N–H and O–H groups in total. The first-order chi connectivity index (χ1) is 13.9. The summed E-state index contributed by atoms with van der Waals surface area (Å²) in [6.07, 6.45) is 6.71. The molecule has 0 aliphatic carbocycles. The molecule has 1 aliphatic heterocycles. The van der Waals surface area contributed by atoms with Crippen LogP contribution in [0.15, 0.2) is 41.3 Å². The van der Waals surface area contributed by atoms with Gasteiger partial charge in [0.2, 0.25) is 0 Å². The van der Waals surface area contributed by atoms with Crippen LogP contribution in [0.4, 0.5) is 9.18 Å². The molecule has 1 saturated heterocycles. The molecule has 1 heterocycles. The average Bonchev–Trinajstić information content (AvgIpc) is 2.95. The summed E-state index contributed by atoms with van der Waals surface area (Å²) in [5, 5.41) is -0.211. The van der Waals surface area contributed by atoms with Crippen molar-refractivity contribution in [1.82, 2.24) is 4.90 Å². The summed E-state index contributed by atoms with van der Waals surface area (Å²) in [5.41, 5.74) is 0.910. The lowest BCUT2D eigenvalue weighted by atomic mass is 10.1. The Labute approximate surface area is 176 Å². The van der Waals surface area contributed by atoms with E-state index in [-0.39, 0.29) is 34.6 Å². The van der Waals surface area contributed by atoms with E-state index in [9.17, 15) is 14.0 Å². The molecule has 0 bridgehead atoms. The molecular weight excluding hydrogens is 417 g/mol. The number of ether oxygens (including phenoxy) is 2. The van der Waals surface area contributed by atoms with Crippen molar-refractivity contribution in [3.05, 3.63) is 63.3 Å². The van der Waals surface area contributed by atoms with Crippen molar-refractivity contribution in [2.75, 3.05) is 13.7 Å². The van der Waals surface area contributed by atoms with Crippen LogP contribution in [0.25, 0.3) is 6.08 Å². The second kappa shape index (κ2) is 9.03. The van der Waals surface area contributed by atoms with Gasteiger partial charge >= 0.3 is 0 Å². The molecule has 0 spiro atoms. The minimum absolute atomic E-state index is 0.0346. The molecule has 8 heteroatoms. The van der Waals surface area contributed by atoms with Crippen LogP contribution >= 0.6 is 23.4 Å². The SMILES string of the molecule is C#CCN1C(=O)SC(=Cc2cc(Cl)c(OCc3ccccc3F)c(OC)c2)C1=O. The number of imide groups is 1. The highest BCUT2D eigenvalue weighted by Gasteiger charge is 2.34. The standard InChI is InChI=1S/C21H15ClFNO4S/c1-3-8-24-20(25)18(29-21(24)26)11-13-9-15(22)19(17(10-13)27-2)28-12-14-6-4-5-7-16(14)23/h1,4-7,9-11H,8,12H2,2H3. The van der Waals surface area contributed by atoms with Gasteiger partial charge in [0.05, 0.1) is 23.6 Å². The fourth-order valence-corrected chi connectivity index (χ4v) is 3.72. The van der Waals surface area contributed by atoms with Crippen molar-refractivity contribution in [2.24, 2.45) is 0 Å². The summed E-state index contributed by atoms with van der Waals surface area (Å²) in [4.78, 5) is 25.4. The molecule has 0 radical (unpaired) electrons. The zero-order valence-electron chi connectivity index (χ0n) is 15.3. The number of nitrogens with zero attached hydrogens (tertiary/aromatic N) is 1. The topological polar surface area (TPSA) is 55.8 Å². The summed E-state index contributed by atoms with van der Waals surface area (Å²) in [7, 11) is 1.44. The Bertz CT molecular complexity index is 1050. The number of hydrogen-bond donors (Lipinski definition) is 0. The van der Waals surface area contributed by atoms with Crippen LogP contribution in [0.5, 0.6) is 11.5 Å². The molecule has 0 aromatic heterocycles. The van der Waals surface area contributed by atoms with Gasteiger partial charge in [-0.3, -0.25) is 14.5 Å². The molecular formula is C21H15ClFNO4S.